The summed E-state index contributed by atoms with van der Waals surface area (Å²) in [6, 6.07) is 4.83. The molecule has 1 saturated heterocycles. The first-order valence-electron chi connectivity index (χ1n) is 7.90. The first kappa shape index (κ1) is 17.6. The molecule has 0 unspecified atom stereocenters. The number of carbonyl (C=O) groups is 4. The van der Waals surface area contributed by atoms with Crippen molar-refractivity contribution in [1.82, 2.24) is 10.4 Å². The molecule has 1 atom stereocenters. The molecule has 136 valence electrons. The Hall–Kier alpha value is -3.23. The number of nitrogens with one attached hydrogen (secondary N) is 1. The highest BCUT2D eigenvalue weighted by Gasteiger charge is 2.59. The lowest BCUT2D eigenvalue weighted by Gasteiger charge is -2.30. The van der Waals surface area contributed by atoms with Gasteiger partial charge in [0.25, 0.3) is 5.91 Å². The molecule has 26 heavy (non-hydrogen) atoms. The predicted molar refractivity (Wildman–Crippen MR) is 86.6 cm³/mol. The zero-order chi connectivity index (χ0) is 19.1. The number of benzene rings is 1. The van der Waals surface area contributed by atoms with E-state index in [1.54, 1.807) is 6.92 Å². The lowest BCUT2D eigenvalue weighted by Crippen LogP contribution is -2.56. The van der Waals surface area contributed by atoms with Gasteiger partial charge in [0.15, 0.2) is 5.54 Å². The zero-order valence-corrected chi connectivity index (χ0v) is 14.1. The largest absolute Gasteiger partial charge is 0.461 e. The molecule has 0 aliphatic carbocycles. The van der Waals surface area contributed by atoms with Gasteiger partial charge in [-0.3, -0.25) is 19.8 Å². The number of nitrogens with zero attached hydrogens (tertiary/aromatic N) is 2. The number of esters is 1. The second-order valence-electron chi connectivity index (χ2n) is 5.86. The third kappa shape index (κ3) is 2.61. The van der Waals surface area contributed by atoms with Gasteiger partial charge >= 0.3 is 5.97 Å². The van der Waals surface area contributed by atoms with Crippen LogP contribution in [0.5, 0.6) is 0 Å². The molecule has 1 N–H and O–H groups in total. The molecule has 0 saturated carbocycles. The van der Waals surface area contributed by atoms with Crippen molar-refractivity contribution in [2.45, 2.75) is 25.8 Å². The molecule has 2 heterocycles. The Labute approximate surface area is 148 Å². The van der Waals surface area contributed by atoms with Crippen LogP contribution < -0.4 is 10.3 Å². The smallest absolute Gasteiger partial charge is 0.355 e. The molecule has 3 rings (SSSR count). The van der Waals surface area contributed by atoms with Crippen molar-refractivity contribution in [2.75, 3.05) is 11.5 Å². The lowest BCUT2D eigenvalue weighted by molar-refractivity contribution is -0.144. The quantitative estimate of drug-likeness (QED) is 0.627. The zero-order valence-electron chi connectivity index (χ0n) is 14.1. The first-order chi connectivity index (χ1) is 12.3. The van der Waals surface area contributed by atoms with E-state index in [1.807, 2.05) is 0 Å². The van der Waals surface area contributed by atoms with Crippen LogP contribution in [0.15, 0.2) is 36.0 Å². The summed E-state index contributed by atoms with van der Waals surface area (Å²) in [6.45, 7) is 2.93. The average molecular weight is 361 g/mol. The highest BCUT2D eigenvalue weighted by atomic mass is 19.1. The van der Waals surface area contributed by atoms with Crippen molar-refractivity contribution in [1.29, 1.82) is 0 Å². The minimum Gasteiger partial charge on any atom is -0.461 e. The molecule has 9 heteroatoms. The fourth-order valence-corrected chi connectivity index (χ4v) is 3.06. The van der Waals surface area contributed by atoms with Crippen LogP contribution in [0.2, 0.25) is 0 Å². The standard InChI is InChI=1S/C17H16FN3O5/c1-3-26-15(24)13-8-17(21(19-13)10(2)22)9-14(23)20(16(17)25)12-6-4-11(18)5-7-12/h4-8,19H,3,9H2,1-2H3/t17-/m0/s1. The number of ether oxygens (including phenoxy) is 1. The number of hydrazine groups is 1. The van der Waals surface area contributed by atoms with E-state index in [1.165, 1.54) is 25.1 Å². The van der Waals surface area contributed by atoms with Crippen LogP contribution in [-0.2, 0) is 23.9 Å². The second-order valence-corrected chi connectivity index (χ2v) is 5.86. The number of hydrogen-bond acceptors (Lipinski definition) is 6. The molecule has 1 fully saturated rings. The number of anilines is 1. The Morgan fingerprint density at radius 3 is 2.50 bits per heavy atom. The van der Waals surface area contributed by atoms with E-state index in [0.717, 1.165) is 22.0 Å². The fourth-order valence-electron chi connectivity index (χ4n) is 3.06. The van der Waals surface area contributed by atoms with E-state index in [-0.39, 0.29) is 24.4 Å². The van der Waals surface area contributed by atoms with Gasteiger partial charge in [0.05, 0.1) is 18.7 Å². The van der Waals surface area contributed by atoms with Crippen LogP contribution in [-0.4, -0.2) is 40.8 Å². The van der Waals surface area contributed by atoms with Gasteiger partial charge in [0, 0.05) is 6.92 Å². The molecular formula is C17H16FN3O5. The van der Waals surface area contributed by atoms with Crippen molar-refractivity contribution in [2.24, 2.45) is 0 Å². The number of carbonyl (C=O) groups excluding carboxylic acids is 4. The van der Waals surface area contributed by atoms with Gasteiger partial charge in [-0.15, -0.1) is 0 Å². The maximum Gasteiger partial charge on any atom is 0.355 e. The molecule has 1 aromatic carbocycles. The second kappa shape index (κ2) is 6.25. The Kier molecular flexibility index (Phi) is 4.23. The van der Waals surface area contributed by atoms with Gasteiger partial charge in [-0.05, 0) is 37.3 Å². The third-order valence-electron chi connectivity index (χ3n) is 4.15. The van der Waals surface area contributed by atoms with Gasteiger partial charge in [-0.2, -0.15) is 0 Å². The lowest BCUT2D eigenvalue weighted by atomic mass is 9.96. The van der Waals surface area contributed by atoms with Crippen LogP contribution in [0.4, 0.5) is 10.1 Å². The van der Waals surface area contributed by atoms with Crippen molar-refractivity contribution in [3.05, 3.63) is 41.9 Å². The van der Waals surface area contributed by atoms with E-state index >= 15 is 0 Å². The molecule has 1 spiro atoms. The molecule has 2 aliphatic rings. The average Bonchev–Trinajstić information content (AvgIpc) is 3.08. The topological polar surface area (TPSA) is 96.0 Å². The van der Waals surface area contributed by atoms with Crippen LogP contribution in [0.3, 0.4) is 0 Å². The van der Waals surface area contributed by atoms with Gasteiger partial charge < -0.3 is 4.74 Å². The third-order valence-corrected chi connectivity index (χ3v) is 4.15. The summed E-state index contributed by atoms with van der Waals surface area (Å²) in [5, 5.41) is 0.947. The summed E-state index contributed by atoms with van der Waals surface area (Å²) >= 11 is 0. The summed E-state index contributed by atoms with van der Waals surface area (Å²) in [5.74, 6) is -3.09. The maximum atomic E-state index is 13.1. The Balaban J connectivity index is 2.02. The van der Waals surface area contributed by atoms with Crippen molar-refractivity contribution in [3.8, 4) is 0 Å². The fraction of sp³-hybridized carbons (Fsp3) is 0.294. The minimum absolute atomic E-state index is 0.0934. The normalized spacial score (nSPS) is 21.9. The number of amides is 3. The van der Waals surface area contributed by atoms with Crippen LogP contribution in [0.1, 0.15) is 20.3 Å². The van der Waals surface area contributed by atoms with Crippen molar-refractivity contribution >= 4 is 29.4 Å². The monoisotopic (exact) mass is 361 g/mol. The van der Waals surface area contributed by atoms with Gasteiger partial charge in [-0.25, -0.2) is 19.1 Å². The molecule has 0 radical (unpaired) electrons. The number of hydrogen-bond donors (Lipinski definition) is 1. The number of imide groups is 1. The van der Waals surface area contributed by atoms with E-state index < -0.39 is 35.0 Å². The van der Waals surface area contributed by atoms with Crippen LogP contribution in [0.25, 0.3) is 0 Å². The Morgan fingerprint density at radius 2 is 1.92 bits per heavy atom. The summed E-state index contributed by atoms with van der Waals surface area (Å²) in [6.07, 6.45) is 0.884. The maximum absolute atomic E-state index is 13.1. The van der Waals surface area contributed by atoms with E-state index in [4.69, 9.17) is 4.74 Å². The van der Waals surface area contributed by atoms with Gasteiger partial charge in [0.1, 0.15) is 11.5 Å². The Morgan fingerprint density at radius 1 is 1.27 bits per heavy atom. The van der Waals surface area contributed by atoms with Gasteiger partial charge in [0.2, 0.25) is 11.8 Å². The van der Waals surface area contributed by atoms with Crippen LogP contribution in [0, 0.1) is 5.82 Å². The SMILES string of the molecule is CCOC(=O)C1=C[C@@]2(CC(=O)N(c3ccc(F)cc3)C2=O)N(C(C)=O)N1. The molecule has 0 bridgehead atoms. The summed E-state index contributed by atoms with van der Waals surface area (Å²) < 4.78 is 18.0. The highest BCUT2D eigenvalue weighted by Crippen LogP contribution is 2.38. The molecular weight excluding hydrogens is 345 g/mol. The minimum atomic E-state index is -1.67. The number of rotatable bonds is 3. The number of halogens is 1. The predicted octanol–water partition coefficient (Wildman–Crippen LogP) is 0.641. The summed E-state index contributed by atoms with van der Waals surface area (Å²) in [7, 11) is 0. The summed E-state index contributed by atoms with van der Waals surface area (Å²) in [5.41, 5.74) is 0.970. The summed E-state index contributed by atoms with van der Waals surface area (Å²) in [4.78, 5) is 50.4. The molecule has 2 aliphatic heterocycles. The molecule has 3 amide bonds. The van der Waals surface area contributed by atoms with E-state index in [0.29, 0.717) is 0 Å². The van der Waals surface area contributed by atoms with Crippen molar-refractivity contribution < 1.29 is 28.3 Å². The van der Waals surface area contributed by atoms with Crippen molar-refractivity contribution in [3.63, 3.8) is 0 Å². The van der Waals surface area contributed by atoms with Crippen LogP contribution >= 0.6 is 0 Å². The highest BCUT2D eigenvalue weighted by molar-refractivity contribution is 6.26. The molecule has 8 nitrogen and oxygen atoms in total. The molecule has 0 aromatic heterocycles. The van der Waals surface area contributed by atoms with E-state index in [2.05, 4.69) is 5.43 Å². The van der Waals surface area contributed by atoms with Gasteiger partial charge in [-0.1, -0.05) is 0 Å². The first-order valence-corrected chi connectivity index (χ1v) is 7.90. The van der Waals surface area contributed by atoms with E-state index in [9.17, 15) is 23.6 Å². The molecule has 1 aromatic rings. The Bertz CT molecular complexity index is 835.